The van der Waals surface area contributed by atoms with Crippen molar-refractivity contribution in [1.82, 2.24) is 9.88 Å². The van der Waals surface area contributed by atoms with Gasteiger partial charge < -0.3 is 15.0 Å². The minimum Gasteiger partial charge on any atom is -0.497 e. The molecule has 1 saturated heterocycles. The number of benzene rings is 2. The van der Waals surface area contributed by atoms with Crippen LogP contribution in [0.2, 0.25) is 0 Å². The van der Waals surface area contributed by atoms with Crippen LogP contribution in [0.25, 0.3) is 0 Å². The van der Waals surface area contributed by atoms with Crippen LogP contribution in [0, 0.1) is 0 Å². The second kappa shape index (κ2) is 9.69. The molecular weight excluding hydrogens is 478 g/mol. The minimum atomic E-state index is -3.43. The van der Waals surface area contributed by atoms with Crippen LogP contribution in [0.4, 0.5) is 21.3 Å². The fourth-order valence-corrected chi connectivity index (χ4v) is 4.81. The molecule has 2 heterocycles. The first-order valence-corrected chi connectivity index (χ1v) is 13.0. The Hall–Kier alpha value is -3.64. The van der Waals surface area contributed by atoms with Gasteiger partial charge in [0.2, 0.25) is 10.0 Å². The predicted octanol–water partition coefficient (Wildman–Crippen LogP) is 3.22. The van der Waals surface area contributed by atoms with Crippen LogP contribution in [0.15, 0.2) is 54.7 Å². The van der Waals surface area contributed by atoms with Crippen LogP contribution in [-0.4, -0.2) is 56.7 Å². The van der Waals surface area contributed by atoms with Crippen molar-refractivity contribution in [3.8, 4) is 5.75 Å². The Labute approximate surface area is 201 Å². The van der Waals surface area contributed by atoms with Crippen molar-refractivity contribution < 1.29 is 22.7 Å². The van der Waals surface area contributed by atoms with Gasteiger partial charge in [0.25, 0.3) is 5.91 Å². The zero-order chi connectivity index (χ0) is 24.3. The van der Waals surface area contributed by atoms with Gasteiger partial charge in [-0.3, -0.25) is 14.4 Å². The lowest BCUT2D eigenvalue weighted by Crippen LogP contribution is -2.31. The second-order valence-electron chi connectivity index (χ2n) is 7.62. The van der Waals surface area contributed by atoms with Crippen LogP contribution >= 0.6 is 11.3 Å². The van der Waals surface area contributed by atoms with E-state index in [9.17, 15) is 18.0 Å². The first kappa shape index (κ1) is 23.5. The molecule has 0 bridgehead atoms. The Kier molecular flexibility index (Phi) is 6.70. The van der Waals surface area contributed by atoms with Gasteiger partial charge in [-0.05, 0) is 35.9 Å². The van der Waals surface area contributed by atoms with E-state index in [2.05, 4.69) is 15.0 Å². The molecular formula is C22H23N5O5S2. The number of amides is 3. The number of sulfonamides is 1. The van der Waals surface area contributed by atoms with Crippen LogP contribution in [0.1, 0.15) is 15.2 Å². The molecule has 4 rings (SSSR count). The van der Waals surface area contributed by atoms with E-state index >= 15 is 0 Å². The standard InChI is InChI=1S/C22H23N5O5S2/c1-32-18-8-6-15(7-9-18)14-26-10-11-27(22(26)29)21-23-13-19(33-21)20(28)24-16-4-3-5-17(12-16)25-34(2,30)31/h3-9,12-13,25H,10-11,14H2,1-2H3,(H,24,28). The highest BCUT2D eigenvalue weighted by Crippen LogP contribution is 2.28. The van der Waals surface area contributed by atoms with E-state index in [1.807, 2.05) is 24.3 Å². The molecule has 10 nitrogen and oxygen atoms in total. The lowest BCUT2D eigenvalue weighted by molar-refractivity contribution is 0.103. The number of methoxy groups -OCH3 is 1. The second-order valence-corrected chi connectivity index (χ2v) is 10.4. The van der Waals surface area contributed by atoms with E-state index in [-0.39, 0.29) is 6.03 Å². The van der Waals surface area contributed by atoms with E-state index in [4.69, 9.17) is 4.74 Å². The molecule has 34 heavy (non-hydrogen) atoms. The van der Waals surface area contributed by atoms with Gasteiger partial charge in [-0.25, -0.2) is 18.2 Å². The number of hydrogen-bond acceptors (Lipinski definition) is 7. The van der Waals surface area contributed by atoms with Gasteiger partial charge >= 0.3 is 6.03 Å². The summed E-state index contributed by atoms with van der Waals surface area (Å²) in [5.41, 5.74) is 1.75. The highest BCUT2D eigenvalue weighted by molar-refractivity contribution is 7.92. The van der Waals surface area contributed by atoms with Gasteiger partial charge in [-0.1, -0.05) is 29.5 Å². The Morgan fingerprint density at radius 1 is 1.15 bits per heavy atom. The molecule has 1 aromatic heterocycles. The van der Waals surface area contributed by atoms with Crippen molar-refractivity contribution in [3.05, 3.63) is 65.2 Å². The van der Waals surface area contributed by atoms with Gasteiger partial charge in [0.1, 0.15) is 10.6 Å². The number of urea groups is 1. The third-order valence-electron chi connectivity index (χ3n) is 5.00. The summed E-state index contributed by atoms with van der Waals surface area (Å²) in [6.45, 7) is 1.49. The fourth-order valence-electron chi connectivity index (χ4n) is 3.42. The maximum absolute atomic E-state index is 12.9. The van der Waals surface area contributed by atoms with Crippen molar-refractivity contribution in [1.29, 1.82) is 0 Å². The molecule has 12 heteroatoms. The average molecular weight is 502 g/mol. The van der Waals surface area contributed by atoms with Crippen molar-refractivity contribution in [2.75, 3.05) is 41.4 Å². The van der Waals surface area contributed by atoms with E-state index in [1.165, 1.54) is 12.3 Å². The van der Waals surface area contributed by atoms with Crippen molar-refractivity contribution in [3.63, 3.8) is 0 Å². The summed E-state index contributed by atoms with van der Waals surface area (Å²) < 4.78 is 30.4. The lowest BCUT2D eigenvalue weighted by Gasteiger charge is -2.17. The summed E-state index contributed by atoms with van der Waals surface area (Å²) in [7, 11) is -1.83. The number of nitrogens with one attached hydrogen (secondary N) is 2. The quantitative estimate of drug-likeness (QED) is 0.489. The van der Waals surface area contributed by atoms with E-state index in [0.717, 1.165) is 28.9 Å². The van der Waals surface area contributed by atoms with Crippen LogP contribution < -0.4 is 19.7 Å². The summed E-state index contributed by atoms with van der Waals surface area (Å²) >= 11 is 1.12. The Bertz CT molecular complexity index is 1310. The number of carbonyl (C=O) groups excluding carboxylic acids is 2. The molecule has 2 aromatic carbocycles. The zero-order valence-corrected chi connectivity index (χ0v) is 20.1. The molecule has 3 aromatic rings. The topological polar surface area (TPSA) is 121 Å². The number of rotatable bonds is 8. The van der Waals surface area contributed by atoms with Crippen LogP contribution in [0.3, 0.4) is 0 Å². The molecule has 0 saturated carbocycles. The highest BCUT2D eigenvalue weighted by atomic mass is 32.2. The molecule has 2 N–H and O–H groups in total. The smallest absolute Gasteiger partial charge is 0.326 e. The summed E-state index contributed by atoms with van der Waals surface area (Å²) in [4.78, 5) is 33.5. The number of nitrogens with zero attached hydrogens (tertiary/aromatic N) is 3. The molecule has 1 aliphatic heterocycles. The Balaban J connectivity index is 1.39. The molecule has 0 atom stereocenters. The first-order chi connectivity index (χ1) is 16.2. The number of anilines is 3. The molecule has 178 valence electrons. The van der Waals surface area contributed by atoms with Crippen molar-refractivity contribution in [2.45, 2.75) is 6.54 Å². The molecule has 0 spiro atoms. The predicted molar refractivity (Wildman–Crippen MR) is 131 cm³/mol. The van der Waals surface area contributed by atoms with Gasteiger partial charge in [-0.15, -0.1) is 0 Å². The molecule has 0 radical (unpaired) electrons. The number of aromatic nitrogens is 1. The maximum Gasteiger partial charge on any atom is 0.326 e. The van der Waals surface area contributed by atoms with Crippen molar-refractivity contribution in [2.24, 2.45) is 0 Å². The number of hydrogen-bond donors (Lipinski definition) is 2. The van der Waals surface area contributed by atoms with E-state index in [1.54, 1.807) is 35.1 Å². The number of ether oxygens (including phenoxy) is 1. The van der Waals surface area contributed by atoms with Gasteiger partial charge in [-0.2, -0.15) is 0 Å². The monoisotopic (exact) mass is 501 g/mol. The average Bonchev–Trinajstić information content (AvgIpc) is 3.41. The summed E-state index contributed by atoms with van der Waals surface area (Å²) in [6, 6.07) is 13.7. The number of carbonyl (C=O) groups is 2. The molecule has 1 aliphatic rings. The van der Waals surface area contributed by atoms with Gasteiger partial charge in [0.15, 0.2) is 5.13 Å². The third-order valence-corrected chi connectivity index (χ3v) is 6.62. The Morgan fingerprint density at radius 2 is 1.88 bits per heavy atom. The highest BCUT2D eigenvalue weighted by Gasteiger charge is 2.31. The zero-order valence-electron chi connectivity index (χ0n) is 18.5. The molecule has 0 aliphatic carbocycles. The largest absolute Gasteiger partial charge is 0.497 e. The summed E-state index contributed by atoms with van der Waals surface area (Å²) in [5, 5.41) is 3.17. The molecule has 3 amide bonds. The molecule has 1 fully saturated rings. The molecule has 0 unspecified atom stereocenters. The van der Waals surface area contributed by atoms with Crippen LogP contribution in [0.5, 0.6) is 5.75 Å². The number of thiazole rings is 1. The van der Waals surface area contributed by atoms with Gasteiger partial charge in [0.05, 0.1) is 25.2 Å². The minimum absolute atomic E-state index is 0.170. The maximum atomic E-state index is 12.9. The van der Waals surface area contributed by atoms with E-state index < -0.39 is 15.9 Å². The van der Waals surface area contributed by atoms with Crippen molar-refractivity contribution >= 4 is 49.8 Å². The SMILES string of the molecule is COc1ccc(CN2CCN(c3ncc(C(=O)Nc4cccc(NS(C)(=O)=O)c4)s3)C2=O)cc1. The lowest BCUT2D eigenvalue weighted by atomic mass is 10.2. The summed E-state index contributed by atoms with van der Waals surface area (Å²) in [5.74, 6) is 0.354. The van der Waals surface area contributed by atoms with E-state index in [0.29, 0.717) is 41.0 Å². The van der Waals surface area contributed by atoms with Gasteiger partial charge in [0, 0.05) is 25.3 Å². The fraction of sp³-hybridized carbons (Fsp3) is 0.227. The summed E-state index contributed by atoms with van der Waals surface area (Å²) in [6.07, 6.45) is 2.47. The third kappa shape index (κ3) is 5.64. The van der Waals surface area contributed by atoms with Crippen LogP contribution in [-0.2, 0) is 16.6 Å². The first-order valence-electron chi connectivity index (χ1n) is 10.3. The normalized spacial score (nSPS) is 13.8. The Morgan fingerprint density at radius 3 is 2.59 bits per heavy atom.